The fourth-order valence-electron chi connectivity index (χ4n) is 2.93. The van der Waals surface area contributed by atoms with Gasteiger partial charge in [0.1, 0.15) is 23.0 Å². The molecule has 0 atom stereocenters. The van der Waals surface area contributed by atoms with E-state index in [1.807, 2.05) is 24.3 Å². The smallest absolute Gasteiger partial charge is 0.134 e. The van der Waals surface area contributed by atoms with Crippen LogP contribution in [0.15, 0.2) is 81.6 Å². The molecule has 2 aromatic carbocycles. The van der Waals surface area contributed by atoms with Crippen LogP contribution in [-0.4, -0.2) is 10.4 Å². The highest BCUT2D eigenvalue weighted by molar-refractivity contribution is 5.63. The monoisotopic (exact) mass is 392 g/mol. The van der Waals surface area contributed by atoms with Gasteiger partial charge in [-0.15, -0.1) is 0 Å². The first-order valence-corrected chi connectivity index (χ1v) is 8.70. The highest BCUT2D eigenvalue weighted by Gasteiger charge is 2.10. The Morgan fingerprint density at radius 1 is 0.586 bits per heavy atom. The molecule has 2 N–H and O–H groups in total. The normalized spacial score (nSPS) is 10.9. The summed E-state index contributed by atoms with van der Waals surface area (Å²) in [6, 6.07) is 20.1. The molecule has 148 valence electrons. The van der Waals surface area contributed by atoms with Crippen molar-refractivity contribution in [2.24, 2.45) is 0 Å². The minimum atomic E-state index is -0.195. The van der Waals surface area contributed by atoms with Gasteiger partial charge < -0.3 is 29.7 Å². The van der Waals surface area contributed by atoms with Crippen molar-refractivity contribution >= 4 is 11.4 Å². The zero-order valence-corrected chi connectivity index (χ0v) is 15.1. The number of hydrogen-bond donors (Lipinski definition) is 2. The summed E-state index contributed by atoms with van der Waals surface area (Å²) in [6.45, 7) is 0. The van der Waals surface area contributed by atoms with E-state index < -0.39 is 0 Å². The molecular formula is C21H16N2O6-2. The van der Waals surface area contributed by atoms with Crippen LogP contribution >= 0.6 is 0 Å². The molecule has 2 aromatic heterocycles. The fraction of sp³-hybridized carbons (Fsp3) is 0.0476. The summed E-state index contributed by atoms with van der Waals surface area (Å²) in [5.41, 5.74) is 1.83. The van der Waals surface area contributed by atoms with Gasteiger partial charge in [0, 0.05) is 11.1 Å². The fourth-order valence-corrected chi connectivity index (χ4v) is 2.93. The molecule has 0 spiro atoms. The predicted molar refractivity (Wildman–Crippen MR) is 106 cm³/mol. The zero-order valence-electron chi connectivity index (χ0n) is 15.1. The molecule has 0 amide bonds. The van der Waals surface area contributed by atoms with Gasteiger partial charge in [-0.25, -0.2) is 0 Å². The summed E-state index contributed by atoms with van der Waals surface area (Å²) in [6.07, 6.45) is 0.451. The van der Waals surface area contributed by atoms with E-state index >= 15 is 0 Å². The summed E-state index contributed by atoms with van der Waals surface area (Å²) in [5, 5.41) is 39.1. The number of anilines is 2. The van der Waals surface area contributed by atoms with Gasteiger partial charge in [0.25, 0.3) is 0 Å². The van der Waals surface area contributed by atoms with Crippen molar-refractivity contribution in [1.82, 2.24) is 0 Å². The topological polar surface area (TPSA) is 119 Å². The van der Waals surface area contributed by atoms with Crippen molar-refractivity contribution in [3.8, 4) is 22.6 Å². The Morgan fingerprint density at radius 3 is 1.31 bits per heavy atom. The quantitative estimate of drug-likeness (QED) is 0.431. The van der Waals surface area contributed by atoms with Gasteiger partial charge in [0.05, 0.1) is 17.8 Å². The zero-order chi connectivity index (χ0) is 20.4. The maximum Gasteiger partial charge on any atom is 0.134 e. The van der Waals surface area contributed by atoms with E-state index in [2.05, 4.69) is 0 Å². The molecule has 0 bridgehead atoms. The van der Waals surface area contributed by atoms with Crippen LogP contribution < -0.4 is 10.5 Å². The molecule has 0 radical (unpaired) electrons. The lowest BCUT2D eigenvalue weighted by Gasteiger charge is -2.21. The predicted octanol–water partition coefficient (Wildman–Crippen LogP) is 5.18. The van der Waals surface area contributed by atoms with Crippen molar-refractivity contribution in [2.75, 3.05) is 10.5 Å². The van der Waals surface area contributed by atoms with Gasteiger partial charge in [-0.05, 0) is 72.8 Å². The summed E-state index contributed by atoms with van der Waals surface area (Å²) in [5.74, 6) is 2.68. The van der Waals surface area contributed by atoms with Crippen LogP contribution in [0, 0.1) is 10.4 Å². The van der Waals surface area contributed by atoms with Crippen molar-refractivity contribution < 1.29 is 19.2 Å². The molecule has 0 fully saturated rings. The maximum absolute atomic E-state index is 10.9. The molecule has 29 heavy (non-hydrogen) atoms. The Kier molecular flexibility index (Phi) is 5.07. The van der Waals surface area contributed by atoms with Crippen LogP contribution in [0.5, 0.6) is 0 Å². The third kappa shape index (κ3) is 4.15. The van der Waals surface area contributed by atoms with Crippen molar-refractivity contribution in [3.63, 3.8) is 0 Å². The Hall–Kier alpha value is -3.56. The van der Waals surface area contributed by atoms with E-state index in [0.717, 1.165) is 11.1 Å². The van der Waals surface area contributed by atoms with E-state index in [1.165, 1.54) is 24.3 Å². The van der Waals surface area contributed by atoms with Crippen LogP contribution in [0.25, 0.3) is 22.6 Å². The molecule has 0 aliphatic carbocycles. The second kappa shape index (κ2) is 7.82. The molecule has 2 heterocycles. The Labute approximate surface area is 165 Å². The third-order valence-corrected chi connectivity index (χ3v) is 4.42. The van der Waals surface area contributed by atoms with E-state index in [0.29, 0.717) is 29.5 Å². The average molecular weight is 392 g/mol. The SMILES string of the molecule is [O-]N(O)c1ccc(-c2ccc(Cc3ccc(-c4ccc(N([O-])O)cc4)o3)o2)cc1. The molecule has 0 unspecified atom stereocenters. The highest BCUT2D eigenvalue weighted by atomic mass is 16.8. The first kappa shape index (κ1) is 18.8. The first-order valence-electron chi connectivity index (χ1n) is 8.70. The average Bonchev–Trinajstić information content (AvgIpc) is 3.38. The van der Waals surface area contributed by atoms with E-state index in [-0.39, 0.29) is 21.8 Å². The van der Waals surface area contributed by atoms with Crippen LogP contribution in [0.1, 0.15) is 11.5 Å². The van der Waals surface area contributed by atoms with Crippen LogP contribution in [0.2, 0.25) is 0 Å². The first-order chi connectivity index (χ1) is 14.0. The summed E-state index contributed by atoms with van der Waals surface area (Å²) < 4.78 is 11.7. The van der Waals surface area contributed by atoms with Crippen molar-refractivity contribution in [3.05, 3.63) is 94.7 Å². The second-order valence-corrected chi connectivity index (χ2v) is 6.35. The van der Waals surface area contributed by atoms with Crippen molar-refractivity contribution in [1.29, 1.82) is 0 Å². The summed E-state index contributed by atoms with van der Waals surface area (Å²) in [4.78, 5) is 0. The van der Waals surface area contributed by atoms with Crippen LogP contribution in [0.3, 0.4) is 0 Å². The van der Waals surface area contributed by atoms with Crippen LogP contribution in [0.4, 0.5) is 11.4 Å². The molecule has 0 saturated carbocycles. The molecule has 4 rings (SSSR count). The summed E-state index contributed by atoms with van der Waals surface area (Å²) >= 11 is 0. The molecular weight excluding hydrogens is 376 g/mol. The lowest BCUT2D eigenvalue weighted by molar-refractivity contribution is 0.296. The molecule has 0 aliphatic heterocycles. The lowest BCUT2D eigenvalue weighted by atomic mass is 10.1. The number of hydrogen-bond acceptors (Lipinski definition) is 8. The van der Waals surface area contributed by atoms with Gasteiger partial charge in [-0.3, -0.25) is 10.4 Å². The van der Waals surface area contributed by atoms with Gasteiger partial charge in [-0.2, -0.15) is 0 Å². The number of furan rings is 2. The van der Waals surface area contributed by atoms with Crippen LogP contribution in [-0.2, 0) is 6.42 Å². The Morgan fingerprint density at radius 2 is 0.966 bits per heavy atom. The van der Waals surface area contributed by atoms with Gasteiger partial charge in [0.2, 0.25) is 0 Å². The number of rotatable bonds is 6. The number of nitrogens with zero attached hydrogens (tertiary/aromatic N) is 2. The van der Waals surface area contributed by atoms with E-state index in [1.54, 1.807) is 24.3 Å². The number of benzene rings is 2. The standard InChI is InChI=1S/C21H16N2O6/c24-22(25)16-5-1-14(2-6-16)20-11-9-18(28-20)13-19-10-12-21(29-19)15-3-7-17(8-4-15)23(26)27/h1-12,24,26H,13H2/q-2. The van der Waals surface area contributed by atoms with E-state index in [9.17, 15) is 10.4 Å². The minimum absolute atomic E-state index is 0.138. The van der Waals surface area contributed by atoms with Gasteiger partial charge >= 0.3 is 0 Å². The maximum atomic E-state index is 10.9. The summed E-state index contributed by atoms with van der Waals surface area (Å²) in [7, 11) is 0. The second-order valence-electron chi connectivity index (χ2n) is 6.35. The largest absolute Gasteiger partial charge is 0.733 e. The molecule has 4 aromatic rings. The Balaban J connectivity index is 1.46. The lowest BCUT2D eigenvalue weighted by Crippen LogP contribution is -2.06. The minimum Gasteiger partial charge on any atom is -0.733 e. The molecule has 8 nitrogen and oxygen atoms in total. The molecule has 8 heteroatoms. The van der Waals surface area contributed by atoms with E-state index in [4.69, 9.17) is 19.2 Å². The Bertz CT molecular complexity index is 993. The highest BCUT2D eigenvalue weighted by Crippen LogP contribution is 2.28. The molecule has 0 aliphatic rings. The third-order valence-electron chi connectivity index (χ3n) is 4.42. The van der Waals surface area contributed by atoms with Gasteiger partial charge in [-0.1, -0.05) is 0 Å². The van der Waals surface area contributed by atoms with Gasteiger partial charge in [0.15, 0.2) is 0 Å². The molecule has 0 saturated heterocycles. The van der Waals surface area contributed by atoms with Crippen molar-refractivity contribution in [2.45, 2.75) is 6.42 Å².